The molecule has 1 unspecified atom stereocenters. The van der Waals surface area contributed by atoms with E-state index in [0.717, 1.165) is 32.7 Å². The van der Waals surface area contributed by atoms with Crippen LogP contribution in [-0.2, 0) is 0 Å². The van der Waals surface area contributed by atoms with Gasteiger partial charge in [0, 0.05) is 38.3 Å². The van der Waals surface area contributed by atoms with Gasteiger partial charge in [-0.05, 0) is 18.7 Å². The van der Waals surface area contributed by atoms with Gasteiger partial charge in [0.05, 0.1) is 0 Å². The van der Waals surface area contributed by atoms with Crippen molar-refractivity contribution in [3.05, 3.63) is 23.9 Å². The van der Waals surface area contributed by atoms with E-state index in [4.69, 9.17) is 5.73 Å². The minimum atomic E-state index is -1.32. The average molecular weight is 225 g/mol. The number of allylic oxidation sites excluding steroid dienone is 1. The third-order valence-corrected chi connectivity index (χ3v) is 3.50. The van der Waals surface area contributed by atoms with Gasteiger partial charge in [-0.2, -0.15) is 0 Å². The quantitative estimate of drug-likeness (QED) is 0.714. The van der Waals surface area contributed by atoms with Crippen LogP contribution in [-0.4, -0.2) is 48.3 Å². The van der Waals surface area contributed by atoms with Gasteiger partial charge in [0.1, 0.15) is 0 Å². The van der Waals surface area contributed by atoms with E-state index in [1.165, 1.54) is 0 Å². The zero-order valence-electron chi connectivity index (χ0n) is 9.82. The molecule has 2 rings (SSSR count). The fourth-order valence-electron chi connectivity index (χ4n) is 2.29. The number of halogens is 1. The van der Waals surface area contributed by atoms with Crippen LogP contribution in [0.2, 0.25) is 0 Å². The van der Waals surface area contributed by atoms with E-state index in [1.54, 1.807) is 18.2 Å². The van der Waals surface area contributed by atoms with E-state index in [1.807, 2.05) is 4.90 Å². The van der Waals surface area contributed by atoms with Crippen molar-refractivity contribution in [1.82, 2.24) is 9.80 Å². The summed E-state index contributed by atoms with van der Waals surface area (Å²) in [5.74, 6) is -1.32. The van der Waals surface area contributed by atoms with Gasteiger partial charge in [-0.25, -0.2) is 4.39 Å². The molecule has 1 heterocycles. The van der Waals surface area contributed by atoms with E-state index in [-0.39, 0.29) is 0 Å². The molecular weight excluding hydrogens is 205 g/mol. The molecule has 0 aromatic rings. The molecule has 0 spiro atoms. The third-order valence-electron chi connectivity index (χ3n) is 3.50. The van der Waals surface area contributed by atoms with Crippen molar-refractivity contribution in [2.45, 2.75) is 19.1 Å². The summed E-state index contributed by atoms with van der Waals surface area (Å²) in [4.78, 5) is 4.26. The standard InChI is InChI=1S/C12H20FN3/c1-2-15-7-9-16(10-8-15)12(13)5-3-11(14)4-6-12/h3-5H,2,6-10,14H2,1H3. The van der Waals surface area contributed by atoms with Crippen molar-refractivity contribution in [1.29, 1.82) is 0 Å². The molecule has 1 aliphatic carbocycles. The van der Waals surface area contributed by atoms with Gasteiger partial charge in [0.15, 0.2) is 5.79 Å². The van der Waals surface area contributed by atoms with Crippen LogP contribution in [0.15, 0.2) is 23.9 Å². The Kier molecular flexibility index (Phi) is 3.30. The van der Waals surface area contributed by atoms with Crippen LogP contribution in [0, 0.1) is 0 Å². The second kappa shape index (κ2) is 4.55. The first-order valence-corrected chi connectivity index (χ1v) is 5.95. The molecule has 2 aliphatic rings. The van der Waals surface area contributed by atoms with Gasteiger partial charge in [-0.15, -0.1) is 0 Å². The Balaban J connectivity index is 1.96. The number of likely N-dealkylation sites (N-methyl/N-ethyl adjacent to an activating group) is 1. The van der Waals surface area contributed by atoms with Crippen LogP contribution in [0.3, 0.4) is 0 Å². The van der Waals surface area contributed by atoms with Gasteiger partial charge in [-0.1, -0.05) is 13.0 Å². The van der Waals surface area contributed by atoms with E-state index in [2.05, 4.69) is 11.8 Å². The second-order valence-electron chi connectivity index (χ2n) is 4.48. The SMILES string of the molecule is CCN1CCN(C2(F)C=CC(N)=CC2)CC1. The summed E-state index contributed by atoms with van der Waals surface area (Å²) in [6.07, 6.45) is 5.42. The Morgan fingerprint density at radius 3 is 2.56 bits per heavy atom. The highest BCUT2D eigenvalue weighted by atomic mass is 19.1. The first-order valence-electron chi connectivity index (χ1n) is 5.95. The number of piperazine rings is 1. The number of nitrogens with zero attached hydrogens (tertiary/aromatic N) is 2. The highest BCUT2D eigenvalue weighted by Crippen LogP contribution is 2.29. The fourth-order valence-corrected chi connectivity index (χ4v) is 2.29. The van der Waals surface area contributed by atoms with E-state index < -0.39 is 5.79 Å². The number of hydrogen-bond donors (Lipinski definition) is 1. The normalized spacial score (nSPS) is 32.8. The van der Waals surface area contributed by atoms with Crippen molar-refractivity contribution in [3.8, 4) is 0 Å². The largest absolute Gasteiger partial charge is 0.399 e. The van der Waals surface area contributed by atoms with Gasteiger partial charge in [0.2, 0.25) is 0 Å². The van der Waals surface area contributed by atoms with Crippen LogP contribution in [0.25, 0.3) is 0 Å². The van der Waals surface area contributed by atoms with Crippen LogP contribution >= 0.6 is 0 Å². The third kappa shape index (κ3) is 2.28. The maximum atomic E-state index is 14.6. The fraction of sp³-hybridized carbons (Fsp3) is 0.667. The Bertz CT molecular complexity index is 305. The maximum absolute atomic E-state index is 14.6. The number of alkyl halides is 1. The highest BCUT2D eigenvalue weighted by Gasteiger charge is 2.36. The molecule has 16 heavy (non-hydrogen) atoms. The van der Waals surface area contributed by atoms with Gasteiger partial charge in [0.25, 0.3) is 0 Å². The topological polar surface area (TPSA) is 32.5 Å². The molecule has 1 fully saturated rings. The summed E-state index contributed by atoms with van der Waals surface area (Å²) >= 11 is 0. The number of hydrogen-bond acceptors (Lipinski definition) is 3. The summed E-state index contributed by atoms with van der Waals surface area (Å²) in [7, 11) is 0. The van der Waals surface area contributed by atoms with Crippen molar-refractivity contribution in [2.75, 3.05) is 32.7 Å². The Morgan fingerprint density at radius 1 is 1.38 bits per heavy atom. The molecule has 0 bridgehead atoms. The molecule has 3 nitrogen and oxygen atoms in total. The van der Waals surface area contributed by atoms with Crippen LogP contribution in [0.4, 0.5) is 4.39 Å². The molecule has 90 valence electrons. The number of rotatable bonds is 2. The zero-order valence-corrected chi connectivity index (χ0v) is 9.82. The smallest absolute Gasteiger partial charge is 0.186 e. The predicted octanol–water partition coefficient (Wildman–Crippen LogP) is 1.09. The summed E-state index contributed by atoms with van der Waals surface area (Å²) in [5.41, 5.74) is 6.28. The lowest BCUT2D eigenvalue weighted by atomic mass is 10.0. The van der Waals surface area contributed by atoms with Crippen LogP contribution < -0.4 is 5.73 Å². The molecule has 0 amide bonds. The summed E-state index contributed by atoms with van der Waals surface area (Å²) < 4.78 is 14.6. The summed E-state index contributed by atoms with van der Waals surface area (Å²) in [6, 6.07) is 0. The summed E-state index contributed by atoms with van der Waals surface area (Å²) in [6.45, 7) is 6.69. The van der Waals surface area contributed by atoms with E-state index in [0.29, 0.717) is 12.1 Å². The average Bonchev–Trinajstić information content (AvgIpc) is 2.33. The van der Waals surface area contributed by atoms with Crippen LogP contribution in [0.1, 0.15) is 13.3 Å². The number of nitrogens with two attached hydrogens (primary N) is 1. The predicted molar refractivity (Wildman–Crippen MR) is 63.6 cm³/mol. The van der Waals surface area contributed by atoms with Crippen molar-refractivity contribution in [2.24, 2.45) is 5.73 Å². The lowest BCUT2D eigenvalue weighted by molar-refractivity contribution is -0.0224. The highest BCUT2D eigenvalue weighted by molar-refractivity contribution is 5.25. The van der Waals surface area contributed by atoms with Crippen LogP contribution in [0.5, 0.6) is 0 Å². The molecule has 1 atom stereocenters. The molecule has 0 aromatic carbocycles. The van der Waals surface area contributed by atoms with Gasteiger partial charge < -0.3 is 10.6 Å². The minimum Gasteiger partial charge on any atom is -0.399 e. The molecule has 0 radical (unpaired) electrons. The molecule has 0 saturated carbocycles. The second-order valence-corrected chi connectivity index (χ2v) is 4.48. The Morgan fingerprint density at radius 2 is 2.06 bits per heavy atom. The van der Waals surface area contributed by atoms with E-state index >= 15 is 0 Å². The Labute approximate surface area is 96.4 Å². The lowest BCUT2D eigenvalue weighted by Crippen LogP contribution is -2.54. The summed E-state index contributed by atoms with van der Waals surface area (Å²) in [5, 5.41) is 0. The first-order chi connectivity index (χ1) is 7.64. The molecule has 1 saturated heterocycles. The van der Waals surface area contributed by atoms with Gasteiger partial charge >= 0.3 is 0 Å². The molecule has 2 N–H and O–H groups in total. The van der Waals surface area contributed by atoms with Crippen molar-refractivity contribution < 1.29 is 4.39 Å². The van der Waals surface area contributed by atoms with Crippen molar-refractivity contribution >= 4 is 0 Å². The van der Waals surface area contributed by atoms with Crippen molar-refractivity contribution in [3.63, 3.8) is 0 Å². The maximum Gasteiger partial charge on any atom is 0.186 e. The molecule has 4 heteroatoms. The van der Waals surface area contributed by atoms with E-state index in [9.17, 15) is 4.39 Å². The minimum absolute atomic E-state index is 0.376. The first kappa shape index (κ1) is 11.6. The zero-order chi connectivity index (χ0) is 11.6. The molecule has 0 aromatic heterocycles. The molecule has 1 aliphatic heterocycles. The Hall–Kier alpha value is -0.870. The van der Waals surface area contributed by atoms with Gasteiger partial charge in [-0.3, -0.25) is 4.90 Å². The monoisotopic (exact) mass is 225 g/mol. The lowest BCUT2D eigenvalue weighted by Gasteiger charge is -2.41. The molecular formula is C12H20FN3.